The number of anilines is 1. The molecule has 2 aromatic carbocycles. The van der Waals surface area contributed by atoms with Gasteiger partial charge in [-0.3, -0.25) is 4.79 Å². The molecule has 3 aromatic rings. The molecule has 0 fully saturated rings. The molecule has 7 heteroatoms. The number of thiazole rings is 1. The lowest BCUT2D eigenvalue weighted by molar-refractivity contribution is -0.115. The molecule has 0 aliphatic heterocycles. The molecule has 0 aliphatic rings. The third-order valence-electron chi connectivity index (χ3n) is 3.61. The molecule has 0 spiro atoms. The minimum atomic E-state index is -0.0920. The van der Waals surface area contributed by atoms with Crippen LogP contribution in [0.1, 0.15) is 16.3 Å². The zero-order valence-electron chi connectivity index (χ0n) is 14.0. The summed E-state index contributed by atoms with van der Waals surface area (Å²) in [6.07, 6.45) is 0.228. The number of hydrogen-bond donors (Lipinski definition) is 1. The fraction of sp³-hybridized carbons (Fsp3) is 0.158. The van der Waals surface area contributed by atoms with Gasteiger partial charge in [0.1, 0.15) is 17.4 Å². The van der Waals surface area contributed by atoms with Crippen molar-refractivity contribution in [3.05, 3.63) is 74.2 Å². The van der Waals surface area contributed by atoms with Crippen LogP contribution in [0.2, 0.25) is 10.0 Å². The summed E-state index contributed by atoms with van der Waals surface area (Å²) in [5.41, 5.74) is 2.60. The molecule has 0 aliphatic carbocycles. The molecule has 1 heterocycles. The molecule has 0 bridgehead atoms. The van der Waals surface area contributed by atoms with Gasteiger partial charge in [0, 0.05) is 17.1 Å². The first-order valence-corrected chi connectivity index (χ1v) is 9.51. The summed E-state index contributed by atoms with van der Waals surface area (Å²) >= 11 is 13.3. The molecule has 0 unspecified atom stereocenters. The third-order valence-corrected chi connectivity index (χ3v) is 5.24. The van der Waals surface area contributed by atoms with Crippen LogP contribution in [0, 0.1) is 6.92 Å². The van der Waals surface area contributed by atoms with Crippen molar-refractivity contribution in [2.45, 2.75) is 20.0 Å². The van der Waals surface area contributed by atoms with Gasteiger partial charge in [-0.1, -0.05) is 41.4 Å². The van der Waals surface area contributed by atoms with Gasteiger partial charge >= 0.3 is 0 Å². The Bertz CT molecular complexity index is 927. The van der Waals surface area contributed by atoms with Crippen molar-refractivity contribution in [3.63, 3.8) is 0 Å². The van der Waals surface area contributed by atoms with E-state index in [-0.39, 0.29) is 12.3 Å². The second-order valence-electron chi connectivity index (χ2n) is 5.64. The Morgan fingerprint density at radius 2 is 2.00 bits per heavy atom. The summed E-state index contributed by atoms with van der Waals surface area (Å²) in [5, 5.41) is 6.45. The number of nitrogens with zero attached hydrogens (tertiary/aromatic N) is 1. The minimum absolute atomic E-state index is 0.0920. The maximum absolute atomic E-state index is 12.2. The Kier molecular flexibility index (Phi) is 6.14. The molecular weight excluding hydrogens is 391 g/mol. The Hall–Kier alpha value is -2.08. The van der Waals surface area contributed by atoms with Crippen LogP contribution < -0.4 is 10.1 Å². The average Bonchev–Trinajstić information content (AvgIpc) is 3.05. The smallest absolute Gasteiger partial charge is 0.231 e. The molecule has 1 N–H and O–H groups in total. The summed E-state index contributed by atoms with van der Waals surface area (Å²) in [7, 11) is 0. The van der Waals surface area contributed by atoms with E-state index in [0.717, 1.165) is 22.0 Å². The average molecular weight is 407 g/mol. The number of benzene rings is 2. The van der Waals surface area contributed by atoms with Gasteiger partial charge in [-0.2, -0.15) is 0 Å². The topological polar surface area (TPSA) is 51.2 Å². The largest absolute Gasteiger partial charge is 0.487 e. The Labute approximate surface area is 165 Å². The van der Waals surface area contributed by atoms with E-state index in [1.807, 2.05) is 36.6 Å². The zero-order chi connectivity index (χ0) is 18.5. The molecule has 26 heavy (non-hydrogen) atoms. The van der Waals surface area contributed by atoms with Crippen LogP contribution >= 0.6 is 34.5 Å². The number of para-hydroxylation sites is 1. The highest BCUT2D eigenvalue weighted by Crippen LogP contribution is 2.27. The van der Waals surface area contributed by atoms with Crippen LogP contribution in [0.15, 0.2) is 47.8 Å². The predicted octanol–water partition coefficient (Wildman–Crippen LogP) is 5.52. The Morgan fingerprint density at radius 3 is 2.77 bits per heavy atom. The van der Waals surface area contributed by atoms with E-state index < -0.39 is 0 Å². The van der Waals surface area contributed by atoms with Crippen LogP contribution in [0.25, 0.3) is 0 Å². The SMILES string of the molecule is Cc1ccccc1NC(=O)Cc1nc(COc2ccc(Cl)c(Cl)c2)cs1. The number of aryl methyl sites for hydroxylation is 1. The molecule has 4 nitrogen and oxygen atoms in total. The number of nitrogens with one attached hydrogen (secondary N) is 1. The van der Waals surface area contributed by atoms with E-state index in [9.17, 15) is 4.79 Å². The molecule has 1 aromatic heterocycles. The highest BCUT2D eigenvalue weighted by Gasteiger charge is 2.10. The van der Waals surface area contributed by atoms with Crippen molar-refractivity contribution >= 4 is 46.1 Å². The maximum atomic E-state index is 12.2. The van der Waals surface area contributed by atoms with Crippen molar-refractivity contribution in [1.82, 2.24) is 4.98 Å². The van der Waals surface area contributed by atoms with E-state index in [1.165, 1.54) is 11.3 Å². The van der Waals surface area contributed by atoms with Crippen molar-refractivity contribution in [3.8, 4) is 5.75 Å². The van der Waals surface area contributed by atoms with Gasteiger partial charge in [0.2, 0.25) is 5.91 Å². The molecule has 0 saturated heterocycles. The number of ether oxygens (including phenoxy) is 1. The van der Waals surface area contributed by atoms with Crippen LogP contribution in [0.4, 0.5) is 5.69 Å². The molecule has 3 rings (SSSR count). The molecular formula is C19H16Cl2N2O2S. The number of hydrogen-bond acceptors (Lipinski definition) is 4. The second kappa shape index (κ2) is 8.54. The van der Waals surface area contributed by atoms with Crippen LogP contribution in [-0.4, -0.2) is 10.9 Å². The van der Waals surface area contributed by atoms with Crippen molar-refractivity contribution in [2.24, 2.45) is 0 Å². The van der Waals surface area contributed by atoms with Gasteiger partial charge in [0.25, 0.3) is 0 Å². The molecule has 0 saturated carbocycles. The standard InChI is InChI=1S/C19H16Cl2N2O2S/c1-12-4-2-3-5-17(12)23-18(24)9-19-22-13(11-26-19)10-25-14-6-7-15(20)16(21)8-14/h2-8,11H,9-10H2,1H3,(H,23,24). The Balaban J connectivity index is 1.55. The van der Waals surface area contributed by atoms with Gasteiger partial charge in [-0.25, -0.2) is 4.98 Å². The van der Waals surface area contributed by atoms with Crippen molar-refractivity contribution in [1.29, 1.82) is 0 Å². The van der Waals surface area contributed by atoms with E-state index in [4.69, 9.17) is 27.9 Å². The lowest BCUT2D eigenvalue weighted by Crippen LogP contribution is -2.15. The zero-order valence-corrected chi connectivity index (χ0v) is 16.3. The lowest BCUT2D eigenvalue weighted by Gasteiger charge is -2.07. The highest BCUT2D eigenvalue weighted by molar-refractivity contribution is 7.09. The summed E-state index contributed by atoms with van der Waals surface area (Å²) in [6.45, 7) is 2.26. The maximum Gasteiger partial charge on any atom is 0.231 e. The monoisotopic (exact) mass is 406 g/mol. The number of carbonyl (C=O) groups excluding carboxylic acids is 1. The van der Waals surface area contributed by atoms with Crippen LogP contribution in [0.3, 0.4) is 0 Å². The number of halogens is 2. The number of carbonyl (C=O) groups is 1. The van der Waals surface area contributed by atoms with Gasteiger partial charge in [0.15, 0.2) is 0 Å². The minimum Gasteiger partial charge on any atom is -0.487 e. The van der Waals surface area contributed by atoms with Crippen molar-refractivity contribution < 1.29 is 9.53 Å². The number of rotatable bonds is 6. The van der Waals surface area contributed by atoms with Gasteiger partial charge in [0.05, 0.1) is 22.2 Å². The summed E-state index contributed by atoms with van der Waals surface area (Å²) in [5.74, 6) is 0.525. The fourth-order valence-electron chi connectivity index (χ4n) is 2.27. The summed E-state index contributed by atoms with van der Waals surface area (Å²) < 4.78 is 5.66. The summed E-state index contributed by atoms with van der Waals surface area (Å²) in [6, 6.07) is 12.8. The predicted molar refractivity (Wildman–Crippen MR) is 106 cm³/mol. The molecule has 0 atom stereocenters. The lowest BCUT2D eigenvalue weighted by atomic mass is 10.2. The normalized spacial score (nSPS) is 10.6. The van der Waals surface area contributed by atoms with Crippen molar-refractivity contribution in [2.75, 3.05) is 5.32 Å². The van der Waals surface area contributed by atoms with E-state index >= 15 is 0 Å². The first-order valence-electron chi connectivity index (χ1n) is 7.88. The van der Waals surface area contributed by atoms with Crippen LogP contribution in [-0.2, 0) is 17.8 Å². The van der Waals surface area contributed by atoms with Crippen LogP contribution in [0.5, 0.6) is 5.75 Å². The highest BCUT2D eigenvalue weighted by atomic mass is 35.5. The quantitative estimate of drug-likeness (QED) is 0.586. The third kappa shape index (κ3) is 4.97. The first-order chi connectivity index (χ1) is 12.5. The van der Waals surface area contributed by atoms with Gasteiger partial charge in [-0.15, -0.1) is 11.3 Å². The second-order valence-corrected chi connectivity index (χ2v) is 7.39. The van der Waals surface area contributed by atoms with Gasteiger partial charge < -0.3 is 10.1 Å². The van der Waals surface area contributed by atoms with E-state index in [0.29, 0.717) is 22.4 Å². The summed E-state index contributed by atoms with van der Waals surface area (Å²) in [4.78, 5) is 16.6. The first kappa shape index (κ1) is 18.7. The molecule has 0 radical (unpaired) electrons. The number of amides is 1. The van der Waals surface area contributed by atoms with E-state index in [1.54, 1.807) is 18.2 Å². The number of aromatic nitrogens is 1. The van der Waals surface area contributed by atoms with E-state index in [2.05, 4.69) is 10.3 Å². The molecule has 134 valence electrons. The fourth-order valence-corrected chi connectivity index (χ4v) is 3.33. The van der Waals surface area contributed by atoms with Gasteiger partial charge in [-0.05, 0) is 30.7 Å². The Morgan fingerprint density at radius 1 is 1.19 bits per heavy atom. The molecule has 1 amide bonds.